The van der Waals surface area contributed by atoms with Crippen LogP contribution in [-0.4, -0.2) is 40.6 Å². The summed E-state index contributed by atoms with van der Waals surface area (Å²) in [7, 11) is 0. The number of fused-ring (bicyclic) bond motifs is 7. The fourth-order valence-corrected chi connectivity index (χ4v) is 12.0. The fourth-order valence-electron chi connectivity index (χ4n) is 12.0. The van der Waals surface area contributed by atoms with E-state index >= 15 is 0 Å². The third-order valence-corrected chi connectivity index (χ3v) is 15.6. The van der Waals surface area contributed by atoms with Crippen LogP contribution in [0.4, 0.5) is 4.79 Å². The number of hydrogen-bond acceptors (Lipinski definition) is 9. The Morgan fingerprint density at radius 3 is 2.25 bits per heavy atom. The lowest BCUT2D eigenvalue weighted by Crippen LogP contribution is -2.72. The molecule has 6 aliphatic rings. The predicted octanol–water partition coefficient (Wildman–Crippen LogP) is 7.14. The highest BCUT2D eigenvalue weighted by Crippen LogP contribution is 2.74. The molecule has 0 radical (unpaired) electrons. The molecule has 11 nitrogen and oxygen atoms in total. The number of carbonyl (C=O) groups excluding carboxylic acids is 3. The Kier molecular flexibility index (Phi) is 8.35. The zero-order valence-corrected chi connectivity index (χ0v) is 31.3. The van der Waals surface area contributed by atoms with Gasteiger partial charge in [0.1, 0.15) is 6.10 Å². The summed E-state index contributed by atoms with van der Waals surface area (Å²) in [6.45, 7) is 14.4. The van der Waals surface area contributed by atoms with Crippen molar-refractivity contribution in [3.63, 3.8) is 0 Å². The van der Waals surface area contributed by atoms with Crippen LogP contribution >= 0.6 is 0 Å². The number of carbonyl (C=O) groups is 4. The molecule has 5 saturated carbocycles. The lowest BCUT2D eigenvalue weighted by molar-refractivity contribution is -0.201. The summed E-state index contributed by atoms with van der Waals surface area (Å²) in [5.41, 5.74) is -2.03. The molecule has 0 unspecified atom stereocenters. The molecule has 0 spiro atoms. The molecule has 0 aromatic carbocycles. The molecule has 1 aromatic heterocycles. The molecule has 280 valence electrons. The monoisotopic (exact) mass is 709 g/mol. The predicted molar refractivity (Wildman–Crippen MR) is 184 cm³/mol. The molecule has 1 amide bonds. The number of aryl methyl sites for hydroxylation is 1. The van der Waals surface area contributed by atoms with Crippen LogP contribution < -0.4 is 11.1 Å². The van der Waals surface area contributed by atoms with Gasteiger partial charge in [0.15, 0.2) is 23.9 Å². The van der Waals surface area contributed by atoms with Gasteiger partial charge in [-0.25, -0.2) is 9.59 Å². The highest BCUT2D eigenvalue weighted by molar-refractivity contribution is 5.96. The Balaban J connectivity index is 1.22. The number of carboxylic acids is 1. The zero-order chi connectivity index (χ0) is 36.9. The summed E-state index contributed by atoms with van der Waals surface area (Å²) in [5, 5.41) is 13.4. The van der Waals surface area contributed by atoms with Crippen LogP contribution in [0.25, 0.3) is 0 Å². The minimum atomic E-state index is -1.05. The summed E-state index contributed by atoms with van der Waals surface area (Å²) < 4.78 is 22.0. The van der Waals surface area contributed by atoms with Crippen LogP contribution in [0.2, 0.25) is 0 Å². The minimum absolute atomic E-state index is 0.0190. The highest BCUT2D eigenvalue weighted by Gasteiger charge is 2.71. The number of alkyl carbamates (subject to hydrolysis) is 1. The van der Waals surface area contributed by atoms with Gasteiger partial charge < -0.3 is 28.7 Å². The highest BCUT2D eigenvalue weighted by atomic mass is 16.6. The smallest absolute Gasteiger partial charge is 0.481 e. The maximum atomic E-state index is 14.8. The molecule has 0 saturated heterocycles. The van der Waals surface area contributed by atoms with Gasteiger partial charge in [-0.2, -0.15) is 0 Å². The Morgan fingerprint density at radius 2 is 1.59 bits per heavy atom. The van der Waals surface area contributed by atoms with Crippen molar-refractivity contribution in [2.75, 3.05) is 0 Å². The minimum Gasteiger partial charge on any atom is -0.481 e. The van der Waals surface area contributed by atoms with E-state index in [1.165, 1.54) is 0 Å². The molecule has 0 bridgehead atoms. The van der Waals surface area contributed by atoms with Crippen LogP contribution in [-0.2, 0) is 36.9 Å². The van der Waals surface area contributed by atoms with E-state index in [4.69, 9.17) is 18.3 Å². The molecule has 1 heterocycles. The standard InChI is InChI=1S/C40H55NO10/c1-8-26-27(50-34(47)49-26)21-48-33(46)41-40(7)28-11-14-39(6)30(37(28,4)13-12-29(40)51-31(43)22-9-10-22)25(42)19-23-24-20-36(3,32(44)45)16-15-35(24,2)17-18-38(23,39)5/h19,22,24,28-30H,8-18,20-21H2,1-7H3,(H,41,46)(H,44,45)/t24-,28+,29-,30+,35+,36-,37-,38+,39+,40-/m0/s1. The first kappa shape index (κ1) is 36.0. The largest absolute Gasteiger partial charge is 0.519 e. The van der Waals surface area contributed by atoms with Crippen molar-refractivity contribution < 1.29 is 42.6 Å². The molecule has 2 N–H and O–H groups in total. The van der Waals surface area contributed by atoms with Crippen molar-refractivity contribution in [1.82, 2.24) is 5.32 Å². The van der Waals surface area contributed by atoms with Gasteiger partial charge in [-0.1, -0.05) is 40.2 Å². The quantitative estimate of drug-likeness (QED) is 0.278. The van der Waals surface area contributed by atoms with E-state index in [1.54, 1.807) is 6.92 Å². The number of carboxylic acid groups (broad SMARTS) is 1. The average molecular weight is 710 g/mol. The maximum absolute atomic E-state index is 14.8. The van der Waals surface area contributed by atoms with E-state index < -0.39 is 45.8 Å². The number of hydrogen-bond donors (Lipinski definition) is 2. The first-order chi connectivity index (χ1) is 23.8. The van der Waals surface area contributed by atoms with Gasteiger partial charge in [0.05, 0.1) is 16.9 Å². The van der Waals surface area contributed by atoms with E-state index in [-0.39, 0.29) is 58.6 Å². The van der Waals surface area contributed by atoms with Gasteiger partial charge in [0.2, 0.25) is 0 Å². The molecule has 11 heteroatoms. The van der Waals surface area contributed by atoms with Gasteiger partial charge >= 0.3 is 23.9 Å². The number of esters is 1. The van der Waals surface area contributed by atoms with E-state index in [1.807, 2.05) is 19.9 Å². The van der Waals surface area contributed by atoms with Crippen LogP contribution in [0.15, 0.2) is 25.3 Å². The number of ether oxygens (including phenoxy) is 2. The third kappa shape index (κ3) is 5.36. The first-order valence-electron chi connectivity index (χ1n) is 19.1. The molecule has 1 aromatic rings. The Labute approximate surface area is 299 Å². The summed E-state index contributed by atoms with van der Waals surface area (Å²) >= 11 is 0. The molecular formula is C40H55NO10. The van der Waals surface area contributed by atoms with Crippen molar-refractivity contribution in [2.45, 2.75) is 144 Å². The number of ketones is 1. The Bertz CT molecular complexity index is 1740. The second-order valence-electron chi connectivity index (χ2n) is 18.4. The van der Waals surface area contributed by atoms with Crippen molar-refractivity contribution in [3.8, 4) is 0 Å². The number of rotatable bonds is 7. The van der Waals surface area contributed by atoms with Crippen molar-refractivity contribution in [3.05, 3.63) is 33.8 Å². The Hall–Kier alpha value is -3.37. The Morgan fingerprint density at radius 1 is 0.902 bits per heavy atom. The van der Waals surface area contributed by atoms with Gasteiger partial charge in [0.25, 0.3) is 0 Å². The second kappa shape index (κ2) is 11.8. The normalized spacial score (nSPS) is 43.0. The second-order valence-corrected chi connectivity index (χ2v) is 18.4. The van der Waals surface area contributed by atoms with E-state index in [0.717, 1.165) is 44.1 Å². The lowest BCUT2D eigenvalue weighted by atomic mass is 9.34. The van der Waals surface area contributed by atoms with Crippen LogP contribution in [0.1, 0.15) is 131 Å². The topological polar surface area (TPSA) is 162 Å². The zero-order valence-electron chi connectivity index (χ0n) is 31.3. The molecular weight excluding hydrogens is 654 g/mol. The molecule has 5 fully saturated rings. The molecule has 0 aliphatic heterocycles. The molecule has 6 aliphatic carbocycles. The van der Waals surface area contributed by atoms with Gasteiger partial charge in [-0.3, -0.25) is 14.4 Å². The number of amides is 1. The van der Waals surface area contributed by atoms with Crippen LogP contribution in [0.5, 0.6) is 0 Å². The fraction of sp³-hybridized carbons (Fsp3) is 0.775. The number of nitrogens with one attached hydrogen (secondary N) is 1. The molecule has 10 atom stereocenters. The molecule has 51 heavy (non-hydrogen) atoms. The van der Waals surface area contributed by atoms with Crippen molar-refractivity contribution in [2.24, 2.45) is 50.7 Å². The van der Waals surface area contributed by atoms with Gasteiger partial charge in [0, 0.05) is 12.3 Å². The summed E-state index contributed by atoms with van der Waals surface area (Å²) in [4.78, 5) is 65.8. The number of allylic oxidation sites excluding steroid dienone is 2. The number of aliphatic carboxylic acids is 1. The average Bonchev–Trinajstić information content (AvgIpc) is 3.85. The summed E-state index contributed by atoms with van der Waals surface area (Å²) in [5.74, 6) is -1.99. The first-order valence-corrected chi connectivity index (χ1v) is 19.1. The SMILES string of the molecule is CCc1oc(=O)oc1COC(=O)N[C@]1(C)[C@@H](OC(=O)C2CC2)CC[C@@]2(C)[C@H]1CC[C@]1(C)[C@@H]2C(=O)C=C2[C@@H]3C[C@@](C)(C(=O)O)CC[C@]3(C)CC[C@]21C. The molecule has 7 rings (SSSR count). The van der Waals surface area contributed by atoms with Crippen molar-refractivity contribution in [1.29, 1.82) is 0 Å². The van der Waals surface area contributed by atoms with Crippen LogP contribution in [0, 0.1) is 50.7 Å². The summed E-state index contributed by atoms with van der Waals surface area (Å²) in [6, 6.07) is 0. The lowest BCUT2D eigenvalue weighted by Gasteiger charge is -2.70. The maximum Gasteiger partial charge on any atom is 0.519 e. The van der Waals surface area contributed by atoms with Gasteiger partial charge in [-0.05, 0) is 124 Å². The van der Waals surface area contributed by atoms with E-state index in [2.05, 4.69) is 33.0 Å². The van der Waals surface area contributed by atoms with Crippen LogP contribution in [0.3, 0.4) is 0 Å². The van der Waals surface area contributed by atoms with Crippen molar-refractivity contribution >= 4 is 23.8 Å². The van der Waals surface area contributed by atoms with E-state index in [9.17, 15) is 29.1 Å². The summed E-state index contributed by atoms with van der Waals surface area (Å²) in [6.07, 6.45) is 9.02. The van der Waals surface area contributed by atoms with Gasteiger partial charge in [-0.15, -0.1) is 0 Å². The third-order valence-electron chi connectivity index (χ3n) is 15.6. The van der Waals surface area contributed by atoms with E-state index in [0.29, 0.717) is 44.3 Å².